The van der Waals surface area contributed by atoms with E-state index >= 15 is 0 Å². The number of imidazole rings is 1. The van der Waals surface area contributed by atoms with Crippen molar-refractivity contribution in [2.45, 2.75) is 0 Å². The van der Waals surface area contributed by atoms with Gasteiger partial charge in [0.15, 0.2) is 0 Å². The van der Waals surface area contributed by atoms with E-state index in [4.69, 9.17) is 5.11 Å². The van der Waals surface area contributed by atoms with Gasteiger partial charge in [-0.1, -0.05) is 6.07 Å². The molecule has 0 fully saturated rings. The first-order valence-corrected chi connectivity index (χ1v) is 5.48. The number of hydrogen-bond acceptors (Lipinski definition) is 3. The summed E-state index contributed by atoms with van der Waals surface area (Å²) in [6.07, 6.45) is 2.66. The Balaban J connectivity index is 2.19. The van der Waals surface area contributed by atoms with Gasteiger partial charge < -0.3 is 5.11 Å². The van der Waals surface area contributed by atoms with Crippen molar-refractivity contribution in [3.63, 3.8) is 0 Å². The summed E-state index contributed by atoms with van der Waals surface area (Å²) in [6.45, 7) is 0. The topological polar surface area (TPSA) is 67.5 Å². The van der Waals surface area contributed by atoms with E-state index in [2.05, 4.69) is 9.97 Å². The van der Waals surface area contributed by atoms with Gasteiger partial charge in [-0.3, -0.25) is 9.38 Å². The second kappa shape index (κ2) is 4.16. The maximum atomic E-state index is 12.8. The number of carboxylic acids is 1. The largest absolute Gasteiger partial charge is 0.477 e. The van der Waals surface area contributed by atoms with E-state index in [1.165, 1.54) is 22.6 Å². The number of rotatable bonds is 2. The molecule has 0 bridgehead atoms. The fourth-order valence-electron chi connectivity index (χ4n) is 1.84. The Labute approximate surface area is 107 Å². The number of carbonyl (C=O) groups is 1. The van der Waals surface area contributed by atoms with Crippen molar-refractivity contribution in [2.75, 3.05) is 0 Å². The van der Waals surface area contributed by atoms with Gasteiger partial charge in [0.25, 0.3) is 0 Å². The quantitative estimate of drug-likeness (QED) is 0.764. The highest BCUT2D eigenvalue weighted by molar-refractivity contribution is 5.86. The van der Waals surface area contributed by atoms with Gasteiger partial charge in [0.2, 0.25) is 0 Å². The molecule has 0 aliphatic carbocycles. The first-order valence-electron chi connectivity index (χ1n) is 5.48. The van der Waals surface area contributed by atoms with E-state index in [0.717, 1.165) is 6.20 Å². The number of fused-ring (bicyclic) bond motifs is 1. The van der Waals surface area contributed by atoms with Crippen molar-refractivity contribution < 1.29 is 14.3 Å². The molecule has 3 rings (SSSR count). The van der Waals surface area contributed by atoms with E-state index in [1.807, 2.05) is 0 Å². The molecule has 0 spiro atoms. The Morgan fingerprint density at radius 1 is 1.21 bits per heavy atom. The molecular formula is C13H8FN3O2. The lowest BCUT2D eigenvalue weighted by Gasteiger charge is -1.97. The first-order chi connectivity index (χ1) is 9.15. The molecule has 0 radical (unpaired) electrons. The van der Waals surface area contributed by atoms with E-state index < -0.39 is 11.8 Å². The molecule has 0 aliphatic heterocycles. The Morgan fingerprint density at radius 2 is 2.05 bits per heavy atom. The predicted octanol–water partition coefficient (Wildman–Crippen LogP) is 2.23. The zero-order valence-corrected chi connectivity index (χ0v) is 9.62. The third-order valence-electron chi connectivity index (χ3n) is 2.70. The van der Waals surface area contributed by atoms with Crippen molar-refractivity contribution in [1.29, 1.82) is 0 Å². The van der Waals surface area contributed by atoms with Gasteiger partial charge in [0, 0.05) is 6.20 Å². The number of hydrogen-bond donors (Lipinski definition) is 1. The van der Waals surface area contributed by atoms with Crippen molar-refractivity contribution in [2.24, 2.45) is 0 Å². The highest BCUT2D eigenvalue weighted by Gasteiger charge is 2.11. The van der Waals surface area contributed by atoms with Crippen LogP contribution < -0.4 is 0 Å². The molecule has 6 heteroatoms. The van der Waals surface area contributed by atoms with Crippen LogP contribution >= 0.6 is 0 Å². The van der Waals surface area contributed by atoms with Crippen molar-refractivity contribution in [1.82, 2.24) is 14.4 Å². The predicted molar refractivity (Wildman–Crippen MR) is 65.3 cm³/mol. The molecule has 0 amide bonds. The molecule has 5 nitrogen and oxygen atoms in total. The van der Waals surface area contributed by atoms with Crippen LogP contribution in [-0.4, -0.2) is 25.4 Å². The van der Waals surface area contributed by atoms with Gasteiger partial charge in [-0.25, -0.2) is 14.2 Å². The lowest BCUT2D eigenvalue weighted by atomic mass is 10.3. The maximum Gasteiger partial charge on any atom is 0.352 e. The third kappa shape index (κ3) is 1.93. The summed E-state index contributed by atoms with van der Waals surface area (Å²) in [5.74, 6) is -1.47. The lowest BCUT2D eigenvalue weighted by Crippen LogP contribution is -2.03. The average Bonchev–Trinajstić information content (AvgIpc) is 2.82. The van der Waals surface area contributed by atoms with Gasteiger partial charge >= 0.3 is 5.97 Å². The second-order valence-corrected chi connectivity index (χ2v) is 3.93. The van der Waals surface area contributed by atoms with Crippen LogP contribution in [0.2, 0.25) is 0 Å². The number of aromatic carboxylic acids is 1. The van der Waals surface area contributed by atoms with Gasteiger partial charge in [-0.2, -0.15) is 0 Å². The summed E-state index contributed by atoms with van der Waals surface area (Å²) in [5, 5.41) is 9.09. The summed E-state index contributed by atoms with van der Waals surface area (Å²) in [5.41, 5.74) is 1.59. The monoisotopic (exact) mass is 257 g/mol. The Morgan fingerprint density at radius 3 is 2.74 bits per heavy atom. The standard InChI is InChI=1S/C13H8FN3O2/c14-8-4-5-9(15-6-8)10-7-17-11(13(18)19)2-1-3-12(17)16-10/h1-7H,(H,18,19). The normalized spacial score (nSPS) is 10.8. The fraction of sp³-hybridized carbons (Fsp3) is 0. The number of carboxylic acid groups (broad SMARTS) is 1. The minimum absolute atomic E-state index is 0.110. The van der Waals surface area contributed by atoms with Crippen LogP contribution in [0.1, 0.15) is 10.5 Å². The van der Waals surface area contributed by atoms with Gasteiger partial charge in [0.05, 0.1) is 11.9 Å². The maximum absolute atomic E-state index is 12.8. The van der Waals surface area contributed by atoms with E-state index in [1.54, 1.807) is 18.3 Å². The zero-order chi connectivity index (χ0) is 13.4. The Kier molecular flexibility index (Phi) is 2.49. The fourth-order valence-corrected chi connectivity index (χ4v) is 1.84. The van der Waals surface area contributed by atoms with Crippen LogP contribution in [0.15, 0.2) is 42.7 Å². The minimum atomic E-state index is -1.04. The SMILES string of the molecule is O=C(O)c1cccc2nc(-c3ccc(F)cn3)cn12. The smallest absolute Gasteiger partial charge is 0.352 e. The van der Waals surface area contributed by atoms with Gasteiger partial charge in [0.1, 0.15) is 22.9 Å². The van der Waals surface area contributed by atoms with Crippen LogP contribution in [0.5, 0.6) is 0 Å². The molecule has 0 saturated carbocycles. The van der Waals surface area contributed by atoms with E-state index in [9.17, 15) is 9.18 Å². The molecule has 3 aromatic rings. The van der Waals surface area contributed by atoms with Crippen molar-refractivity contribution in [3.8, 4) is 11.4 Å². The highest BCUT2D eigenvalue weighted by Crippen LogP contribution is 2.18. The van der Waals surface area contributed by atoms with Gasteiger partial charge in [-0.15, -0.1) is 0 Å². The van der Waals surface area contributed by atoms with Crippen LogP contribution in [0, 0.1) is 5.82 Å². The Hall–Kier alpha value is -2.76. The van der Waals surface area contributed by atoms with Crippen LogP contribution in [0.3, 0.4) is 0 Å². The van der Waals surface area contributed by atoms with Crippen LogP contribution in [0.25, 0.3) is 17.0 Å². The van der Waals surface area contributed by atoms with Crippen molar-refractivity contribution in [3.05, 3.63) is 54.2 Å². The third-order valence-corrected chi connectivity index (χ3v) is 2.70. The summed E-state index contributed by atoms with van der Waals surface area (Å²) in [7, 11) is 0. The molecule has 0 aromatic carbocycles. The molecule has 94 valence electrons. The van der Waals surface area contributed by atoms with E-state index in [0.29, 0.717) is 17.0 Å². The number of aromatic nitrogens is 3. The molecule has 3 aromatic heterocycles. The minimum Gasteiger partial charge on any atom is -0.477 e. The van der Waals surface area contributed by atoms with Crippen molar-refractivity contribution >= 4 is 11.6 Å². The second-order valence-electron chi connectivity index (χ2n) is 3.93. The molecule has 19 heavy (non-hydrogen) atoms. The summed E-state index contributed by atoms with van der Waals surface area (Å²) < 4.78 is 14.3. The zero-order valence-electron chi connectivity index (χ0n) is 9.62. The number of halogens is 1. The molecule has 0 atom stereocenters. The molecular weight excluding hydrogens is 249 g/mol. The lowest BCUT2D eigenvalue weighted by molar-refractivity contribution is 0.0689. The molecule has 0 unspecified atom stereocenters. The molecule has 1 N–H and O–H groups in total. The van der Waals surface area contributed by atoms with E-state index in [-0.39, 0.29) is 5.69 Å². The molecule has 0 saturated heterocycles. The molecule has 0 aliphatic rings. The number of nitrogens with zero attached hydrogens (tertiary/aromatic N) is 3. The van der Waals surface area contributed by atoms with Gasteiger partial charge in [-0.05, 0) is 24.3 Å². The summed E-state index contributed by atoms with van der Waals surface area (Å²) in [4.78, 5) is 19.3. The Bertz CT molecular complexity index is 765. The number of pyridine rings is 2. The summed E-state index contributed by atoms with van der Waals surface area (Å²) in [6, 6.07) is 7.58. The summed E-state index contributed by atoms with van der Waals surface area (Å²) >= 11 is 0. The molecule has 3 heterocycles. The van der Waals surface area contributed by atoms with Crippen LogP contribution in [0.4, 0.5) is 4.39 Å². The highest BCUT2D eigenvalue weighted by atomic mass is 19.1. The van der Waals surface area contributed by atoms with Crippen LogP contribution in [-0.2, 0) is 0 Å². The average molecular weight is 257 g/mol. The first kappa shape index (κ1) is 11.3.